The van der Waals surface area contributed by atoms with Crippen LogP contribution in [0.5, 0.6) is 0 Å². The second kappa shape index (κ2) is 8.18. The molecule has 3 aliphatic rings. The maximum absolute atomic E-state index is 13.1. The third-order valence-corrected chi connectivity index (χ3v) is 7.09. The van der Waals surface area contributed by atoms with E-state index in [2.05, 4.69) is 49.5 Å². The number of rotatable bonds is 5. The van der Waals surface area contributed by atoms with Gasteiger partial charge in [0.05, 0.1) is 11.8 Å². The lowest BCUT2D eigenvalue weighted by Crippen LogP contribution is -2.53. The molecule has 0 bridgehead atoms. The van der Waals surface area contributed by atoms with E-state index in [0.29, 0.717) is 23.9 Å². The van der Waals surface area contributed by atoms with Gasteiger partial charge in [-0.2, -0.15) is 0 Å². The van der Waals surface area contributed by atoms with Crippen LogP contribution in [0.25, 0.3) is 5.82 Å². The molecule has 0 amide bonds. The standard InChI is InChI=1S/C24H28N6O2/c31-24-18-8-9-29(13-16-5-2-1-3-6-16)14-20(18)28-30(24)23-12-22(25-15-26-23)27-19-11-21-17(19)7-4-10-32-21/h1-3,5-6,12,15,17,19,21,28H,4,7-11,13-14H2,(H,25,26,27). The van der Waals surface area contributed by atoms with Crippen LogP contribution in [-0.2, 0) is 24.2 Å². The molecule has 8 nitrogen and oxygen atoms in total. The van der Waals surface area contributed by atoms with Crippen molar-refractivity contribution in [2.45, 2.75) is 50.9 Å². The summed E-state index contributed by atoms with van der Waals surface area (Å²) in [6, 6.07) is 12.7. The van der Waals surface area contributed by atoms with Crippen molar-refractivity contribution in [3.63, 3.8) is 0 Å². The minimum absolute atomic E-state index is 0.00611. The molecule has 8 heteroatoms. The lowest BCUT2D eigenvalue weighted by molar-refractivity contribution is -0.0898. The van der Waals surface area contributed by atoms with Crippen molar-refractivity contribution in [3.05, 3.63) is 69.9 Å². The predicted octanol–water partition coefficient (Wildman–Crippen LogP) is 2.49. The second-order valence-electron chi connectivity index (χ2n) is 9.12. The van der Waals surface area contributed by atoms with Gasteiger partial charge in [-0.1, -0.05) is 30.3 Å². The molecule has 2 fully saturated rings. The highest BCUT2D eigenvalue weighted by Crippen LogP contribution is 2.39. The van der Waals surface area contributed by atoms with Gasteiger partial charge in [-0.25, -0.2) is 14.6 Å². The summed E-state index contributed by atoms with van der Waals surface area (Å²) in [6.45, 7) is 3.36. The van der Waals surface area contributed by atoms with Gasteiger partial charge in [-0.15, -0.1) is 0 Å². The Morgan fingerprint density at radius 2 is 2.12 bits per heavy atom. The van der Waals surface area contributed by atoms with Crippen LogP contribution < -0.4 is 10.9 Å². The molecule has 3 aromatic rings. The van der Waals surface area contributed by atoms with Crippen molar-refractivity contribution in [1.29, 1.82) is 0 Å². The smallest absolute Gasteiger partial charge is 0.276 e. The van der Waals surface area contributed by atoms with Crippen LogP contribution >= 0.6 is 0 Å². The summed E-state index contributed by atoms with van der Waals surface area (Å²) in [5.74, 6) is 1.89. The Morgan fingerprint density at radius 3 is 3.00 bits per heavy atom. The van der Waals surface area contributed by atoms with Crippen molar-refractivity contribution in [3.8, 4) is 5.82 Å². The van der Waals surface area contributed by atoms with Gasteiger partial charge < -0.3 is 10.1 Å². The summed E-state index contributed by atoms with van der Waals surface area (Å²) in [7, 11) is 0. The van der Waals surface area contributed by atoms with Gasteiger partial charge in [0.15, 0.2) is 5.82 Å². The number of nitrogens with one attached hydrogen (secondary N) is 2. The normalized spacial score (nSPS) is 24.9. The minimum Gasteiger partial charge on any atom is -0.378 e. The van der Waals surface area contributed by atoms with Crippen molar-refractivity contribution >= 4 is 5.82 Å². The monoisotopic (exact) mass is 432 g/mol. The Bertz CT molecular complexity index is 1160. The number of hydrogen-bond acceptors (Lipinski definition) is 6. The number of hydrogen-bond donors (Lipinski definition) is 2. The molecule has 4 heterocycles. The number of H-pyrrole nitrogens is 1. The highest BCUT2D eigenvalue weighted by Gasteiger charge is 2.43. The zero-order valence-electron chi connectivity index (χ0n) is 18.0. The predicted molar refractivity (Wildman–Crippen MR) is 121 cm³/mol. The fourth-order valence-corrected chi connectivity index (χ4v) is 5.32. The molecule has 2 aliphatic heterocycles. The molecule has 2 N–H and O–H groups in total. The first-order chi connectivity index (χ1) is 15.7. The average molecular weight is 433 g/mol. The van der Waals surface area contributed by atoms with Crippen molar-refractivity contribution < 1.29 is 4.74 Å². The maximum Gasteiger partial charge on any atom is 0.276 e. The van der Waals surface area contributed by atoms with Gasteiger partial charge in [0.2, 0.25) is 0 Å². The fourth-order valence-electron chi connectivity index (χ4n) is 5.32. The van der Waals surface area contributed by atoms with Crippen LogP contribution in [0, 0.1) is 5.92 Å². The Balaban J connectivity index is 1.19. The summed E-state index contributed by atoms with van der Waals surface area (Å²) in [4.78, 5) is 24.2. The van der Waals surface area contributed by atoms with Crippen molar-refractivity contribution in [2.24, 2.45) is 5.92 Å². The lowest BCUT2D eigenvalue weighted by Gasteiger charge is -2.47. The van der Waals surface area contributed by atoms with E-state index in [0.717, 1.165) is 62.6 Å². The van der Waals surface area contributed by atoms with E-state index in [-0.39, 0.29) is 5.56 Å². The van der Waals surface area contributed by atoms with Crippen LogP contribution in [0.1, 0.15) is 36.1 Å². The van der Waals surface area contributed by atoms with Gasteiger partial charge in [-0.3, -0.25) is 14.8 Å². The minimum atomic E-state index is -0.00611. The first-order valence-electron chi connectivity index (χ1n) is 11.5. The molecular weight excluding hydrogens is 404 g/mol. The zero-order valence-corrected chi connectivity index (χ0v) is 18.0. The van der Waals surface area contributed by atoms with Crippen molar-refractivity contribution in [1.82, 2.24) is 24.6 Å². The second-order valence-corrected chi connectivity index (χ2v) is 9.12. The van der Waals surface area contributed by atoms with Crippen LogP contribution in [-0.4, -0.2) is 49.9 Å². The summed E-state index contributed by atoms with van der Waals surface area (Å²) < 4.78 is 7.39. The Kier molecular flexibility index (Phi) is 5.04. The van der Waals surface area contributed by atoms with E-state index in [1.165, 1.54) is 18.3 Å². The molecule has 1 aromatic carbocycles. The highest BCUT2D eigenvalue weighted by molar-refractivity contribution is 5.42. The van der Waals surface area contributed by atoms with Crippen LogP contribution in [0.2, 0.25) is 0 Å². The topological polar surface area (TPSA) is 88.1 Å². The van der Waals surface area contributed by atoms with Crippen molar-refractivity contribution in [2.75, 3.05) is 18.5 Å². The average Bonchev–Trinajstić information content (AvgIpc) is 3.14. The van der Waals surface area contributed by atoms with Gasteiger partial charge in [0, 0.05) is 49.8 Å². The first-order valence-corrected chi connectivity index (χ1v) is 11.5. The number of fused-ring (bicyclic) bond motifs is 2. The van der Waals surface area contributed by atoms with Crippen LogP contribution in [0.3, 0.4) is 0 Å². The van der Waals surface area contributed by atoms with Gasteiger partial charge in [0.25, 0.3) is 5.56 Å². The molecule has 1 aliphatic carbocycles. The lowest BCUT2D eigenvalue weighted by atomic mass is 9.72. The van der Waals surface area contributed by atoms with Gasteiger partial charge in [-0.05, 0) is 31.2 Å². The van der Waals surface area contributed by atoms with E-state index >= 15 is 0 Å². The molecule has 2 aromatic heterocycles. The number of benzene rings is 1. The summed E-state index contributed by atoms with van der Waals surface area (Å²) >= 11 is 0. The molecule has 166 valence electrons. The largest absolute Gasteiger partial charge is 0.378 e. The van der Waals surface area contributed by atoms with E-state index in [1.54, 1.807) is 4.68 Å². The Morgan fingerprint density at radius 1 is 1.22 bits per heavy atom. The molecule has 32 heavy (non-hydrogen) atoms. The maximum atomic E-state index is 13.1. The SMILES string of the molecule is O=c1c2c([nH]n1-c1cc(NC3CC4OCCCC34)ncn1)CN(Cc1ccccc1)CC2. The van der Waals surface area contributed by atoms with E-state index in [9.17, 15) is 4.79 Å². The number of aromatic nitrogens is 4. The van der Waals surface area contributed by atoms with E-state index in [1.807, 2.05) is 12.1 Å². The third kappa shape index (κ3) is 3.63. The third-order valence-electron chi connectivity index (χ3n) is 7.09. The molecular formula is C24H28N6O2. The quantitative estimate of drug-likeness (QED) is 0.644. The summed E-state index contributed by atoms with van der Waals surface area (Å²) in [5.41, 5.74) is 3.12. The highest BCUT2D eigenvalue weighted by atomic mass is 16.5. The number of anilines is 1. The van der Waals surface area contributed by atoms with Gasteiger partial charge >= 0.3 is 0 Å². The summed E-state index contributed by atoms with van der Waals surface area (Å²) in [5, 5.41) is 6.85. The molecule has 3 atom stereocenters. The van der Waals surface area contributed by atoms with E-state index < -0.39 is 0 Å². The first kappa shape index (κ1) is 19.7. The fraction of sp³-hybridized carbons (Fsp3) is 0.458. The zero-order chi connectivity index (χ0) is 21.5. The Hall–Kier alpha value is -2.97. The van der Waals surface area contributed by atoms with Crippen LogP contribution in [0.4, 0.5) is 5.82 Å². The van der Waals surface area contributed by atoms with Gasteiger partial charge in [0.1, 0.15) is 12.1 Å². The number of nitrogens with zero attached hydrogens (tertiary/aromatic N) is 4. The van der Waals surface area contributed by atoms with Crippen LogP contribution in [0.15, 0.2) is 47.5 Å². The Labute approximate surface area is 186 Å². The summed E-state index contributed by atoms with van der Waals surface area (Å²) in [6.07, 6.45) is 5.99. The van der Waals surface area contributed by atoms with E-state index in [4.69, 9.17) is 4.74 Å². The molecule has 0 spiro atoms. The molecule has 1 saturated heterocycles. The number of aromatic amines is 1. The molecule has 6 rings (SSSR count). The number of ether oxygens (including phenoxy) is 1. The molecule has 3 unspecified atom stereocenters. The molecule has 1 saturated carbocycles. The molecule has 0 radical (unpaired) electrons.